The van der Waals surface area contributed by atoms with Gasteiger partial charge in [-0.1, -0.05) is 0 Å². The lowest BCUT2D eigenvalue weighted by atomic mass is 9.89. The molecule has 1 saturated heterocycles. The number of fused-ring (bicyclic) bond motifs is 1. The topological polar surface area (TPSA) is 80.0 Å². The molecule has 1 fully saturated rings. The number of β-amino-alcohol motifs (C(OH)–C–C–N with tert-alkyl or cyclic N) is 1. The van der Waals surface area contributed by atoms with Gasteiger partial charge in [-0.05, 0) is 18.9 Å². The van der Waals surface area contributed by atoms with E-state index in [9.17, 15) is 9.50 Å². The second kappa shape index (κ2) is 6.03. The largest absolute Gasteiger partial charge is 0.388 e. The zero-order valence-electron chi connectivity index (χ0n) is 13.9. The molecule has 25 heavy (non-hydrogen) atoms. The fourth-order valence-electron chi connectivity index (χ4n) is 3.47. The predicted octanol–water partition coefficient (Wildman–Crippen LogP) is 1.47. The van der Waals surface area contributed by atoms with Gasteiger partial charge in [-0.25, -0.2) is 9.37 Å². The van der Waals surface area contributed by atoms with Gasteiger partial charge in [0.1, 0.15) is 23.5 Å². The second-order valence-corrected chi connectivity index (χ2v) is 6.64. The van der Waals surface area contributed by atoms with E-state index < -0.39 is 11.4 Å². The number of anilines is 1. The number of rotatable bonds is 3. The van der Waals surface area contributed by atoms with Crippen LogP contribution < -0.4 is 4.90 Å². The van der Waals surface area contributed by atoms with E-state index >= 15 is 0 Å². The van der Waals surface area contributed by atoms with Crippen molar-refractivity contribution in [2.24, 2.45) is 7.05 Å². The van der Waals surface area contributed by atoms with Crippen LogP contribution >= 0.6 is 0 Å². The minimum absolute atomic E-state index is 0.408. The van der Waals surface area contributed by atoms with Gasteiger partial charge in [-0.2, -0.15) is 0 Å². The van der Waals surface area contributed by atoms with Crippen LogP contribution in [0.15, 0.2) is 30.9 Å². The summed E-state index contributed by atoms with van der Waals surface area (Å²) in [5.41, 5.74) is 1.13. The van der Waals surface area contributed by atoms with Gasteiger partial charge in [0.25, 0.3) is 0 Å². The van der Waals surface area contributed by atoms with Gasteiger partial charge in [-0.15, -0.1) is 10.2 Å². The van der Waals surface area contributed by atoms with E-state index in [1.54, 1.807) is 12.5 Å². The molecule has 1 N–H and O–H groups in total. The van der Waals surface area contributed by atoms with Crippen LogP contribution in [0.4, 0.5) is 10.1 Å². The maximum absolute atomic E-state index is 13.4. The van der Waals surface area contributed by atoms with E-state index in [4.69, 9.17) is 0 Å². The van der Waals surface area contributed by atoms with Crippen LogP contribution in [-0.4, -0.2) is 48.5 Å². The van der Waals surface area contributed by atoms with Gasteiger partial charge in [0, 0.05) is 38.8 Å². The molecular weight excluding hydrogens is 323 g/mol. The van der Waals surface area contributed by atoms with E-state index in [0.717, 1.165) is 24.5 Å². The molecular formula is C17H19FN6O. The number of halogens is 1. The first-order valence-corrected chi connectivity index (χ1v) is 8.25. The van der Waals surface area contributed by atoms with Crippen LogP contribution in [0.5, 0.6) is 0 Å². The van der Waals surface area contributed by atoms with Crippen LogP contribution in [-0.2, 0) is 13.5 Å². The van der Waals surface area contributed by atoms with Crippen molar-refractivity contribution in [1.82, 2.24) is 24.7 Å². The number of pyridine rings is 2. The first-order valence-electron chi connectivity index (χ1n) is 8.25. The highest BCUT2D eigenvalue weighted by molar-refractivity contribution is 5.87. The Hall–Kier alpha value is -2.61. The Bertz CT molecular complexity index is 913. The van der Waals surface area contributed by atoms with Crippen LogP contribution in [0.1, 0.15) is 18.7 Å². The summed E-state index contributed by atoms with van der Waals surface area (Å²) in [6, 6.07) is 3.24. The normalized spacial score (nSPS) is 21.0. The summed E-state index contributed by atoms with van der Waals surface area (Å²) in [5, 5.41) is 19.1. The van der Waals surface area contributed by atoms with Crippen molar-refractivity contribution in [3.8, 4) is 0 Å². The highest BCUT2D eigenvalue weighted by Gasteiger charge is 2.35. The van der Waals surface area contributed by atoms with Crippen molar-refractivity contribution < 1.29 is 9.50 Å². The first-order chi connectivity index (χ1) is 12.0. The molecule has 0 bridgehead atoms. The number of aryl methyl sites for hydroxylation is 1. The Kier molecular flexibility index (Phi) is 3.84. The molecule has 1 aliphatic rings. The number of hydrogen-bond acceptors (Lipinski definition) is 6. The maximum Gasteiger partial charge on any atom is 0.143 e. The monoisotopic (exact) mass is 342 g/mol. The molecule has 1 atom stereocenters. The van der Waals surface area contributed by atoms with Crippen molar-refractivity contribution in [3.63, 3.8) is 0 Å². The second-order valence-electron chi connectivity index (χ2n) is 6.64. The lowest BCUT2D eigenvalue weighted by molar-refractivity contribution is 0.0239. The Balaban J connectivity index is 1.64. The fourth-order valence-corrected chi connectivity index (χ4v) is 3.47. The third kappa shape index (κ3) is 3.05. The molecule has 130 valence electrons. The molecule has 4 rings (SSSR count). The molecule has 0 radical (unpaired) electrons. The summed E-state index contributed by atoms with van der Waals surface area (Å²) in [7, 11) is 1.87. The van der Waals surface area contributed by atoms with Crippen LogP contribution in [0.2, 0.25) is 0 Å². The van der Waals surface area contributed by atoms with Crippen LogP contribution in [0, 0.1) is 5.82 Å². The lowest BCUT2D eigenvalue weighted by Gasteiger charge is -2.40. The first kappa shape index (κ1) is 15.9. The van der Waals surface area contributed by atoms with E-state index in [2.05, 4.69) is 25.1 Å². The zero-order valence-corrected chi connectivity index (χ0v) is 13.9. The van der Waals surface area contributed by atoms with Gasteiger partial charge < -0.3 is 14.6 Å². The average Bonchev–Trinajstić information content (AvgIpc) is 2.98. The molecule has 1 aliphatic heterocycles. The number of hydrogen-bond donors (Lipinski definition) is 1. The molecule has 1 unspecified atom stereocenters. The van der Waals surface area contributed by atoms with Crippen molar-refractivity contribution in [2.45, 2.75) is 24.9 Å². The van der Waals surface area contributed by atoms with Gasteiger partial charge in [0.2, 0.25) is 0 Å². The van der Waals surface area contributed by atoms with Gasteiger partial charge in [0.15, 0.2) is 0 Å². The maximum atomic E-state index is 13.4. The van der Waals surface area contributed by atoms with Crippen molar-refractivity contribution in [3.05, 3.63) is 42.5 Å². The van der Waals surface area contributed by atoms with Gasteiger partial charge in [-0.3, -0.25) is 4.98 Å². The Morgan fingerprint density at radius 3 is 3.04 bits per heavy atom. The SMILES string of the molecule is Cn1cnnc1CC1(O)CCCN(c2ccnc3cc(F)cnc23)C1. The smallest absolute Gasteiger partial charge is 0.143 e. The van der Waals surface area contributed by atoms with E-state index in [1.807, 2.05) is 17.7 Å². The molecule has 0 spiro atoms. The Morgan fingerprint density at radius 1 is 1.36 bits per heavy atom. The molecule has 0 aliphatic carbocycles. The fraction of sp³-hybridized carbons (Fsp3) is 0.412. The molecule has 0 aromatic carbocycles. The standard InChI is InChI=1S/C17H19FN6O/c1-23-11-21-22-15(23)8-17(25)4-2-6-24(10-17)14-3-5-19-13-7-12(18)9-20-16(13)14/h3,5,7,9,11,25H,2,4,6,8,10H2,1H3. The highest BCUT2D eigenvalue weighted by Crippen LogP contribution is 2.31. The summed E-state index contributed by atoms with van der Waals surface area (Å²) in [5.74, 6) is 0.346. The van der Waals surface area contributed by atoms with Crippen molar-refractivity contribution in [1.29, 1.82) is 0 Å². The quantitative estimate of drug-likeness (QED) is 0.776. The van der Waals surface area contributed by atoms with Crippen LogP contribution in [0.25, 0.3) is 11.0 Å². The zero-order chi connectivity index (χ0) is 17.4. The molecule has 4 heterocycles. The van der Waals surface area contributed by atoms with E-state index in [-0.39, 0.29) is 0 Å². The van der Waals surface area contributed by atoms with Crippen molar-refractivity contribution >= 4 is 16.7 Å². The minimum Gasteiger partial charge on any atom is -0.388 e. The third-order valence-corrected chi connectivity index (χ3v) is 4.71. The average molecular weight is 342 g/mol. The summed E-state index contributed by atoms with van der Waals surface area (Å²) >= 11 is 0. The van der Waals surface area contributed by atoms with E-state index in [0.29, 0.717) is 30.4 Å². The number of nitrogens with zero attached hydrogens (tertiary/aromatic N) is 6. The molecule has 7 nitrogen and oxygen atoms in total. The molecule has 0 saturated carbocycles. The predicted molar refractivity (Wildman–Crippen MR) is 90.6 cm³/mol. The van der Waals surface area contributed by atoms with Crippen molar-refractivity contribution in [2.75, 3.05) is 18.0 Å². The minimum atomic E-state index is -0.894. The lowest BCUT2D eigenvalue weighted by Crippen LogP contribution is -2.50. The Morgan fingerprint density at radius 2 is 2.24 bits per heavy atom. The number of aliphatic hydroxyl groups is 1. The molecule has 3 aromatic heterocycles. The molecule has 0 amide bonds. The third-order valence-electron chi connectivity index (χ3n) is 4.71. The summed E-state index contributed by atoms with van der Waals surface area (Å²) in [6.45, 7) is 1.26. The molecule has 3 aromatic rings. The number of piperidine rings is 1. The molecule has 8 heteroatoms. The van der Waals surface area contributed by atoms with E-state index in [1.165, 1.54) is 12.3 Å². The highest BCUT2D eigenvalue weighted by atomic mass is 19.1. The van der Waals surface area contributed by atoms with Gasteiger partial charge in [0.05, 0.1) is 23.0 Å². The summed E-state index contributed by atoms with van der Waals surface area (Å²) in [4.78, 5) is 10.5. The summed E-state index contributed by atoms with van der Waals surface area (Å²) in [6.07, 6.45) is 6.46. The van der Waals surface area contributed by atoms with Crippen LogP contribution in [0.3, 0.4) is 0 Å². The van der Waals surface area contributed by atoms with Gasteiger partial charge >= 0.3 is 0 Å². The number of aromatic nitrogens is 5. The Labute approximate surface area is 144 Å². The summed E-state index contributed by atoms with van der Waals surface area (Å²) < 4.78 is 15.2.